The van der Waals surface area contributed by atoms with Crippen LogP contribution in [0.5, 0.6) is 0 Å². The largest absolute Gasteiger partial charge is 0.458 e. The SMILES string of the molecule is C[C@]12C(=O)C=CCC1=CC[C@@H]1[C@@H]2CCC2(O)C(=O)O[C@@]3(C)[C@H]4C[C@]5(C)[C@@H](CO[C@]16O[C@]23[C@H]5C6=O)C(=O)O4. The Bertz CT molecular complexity index is 1300. The van der Waals surface area contributed by atoms with Gasteiger partial charge < -0.3 is 24.1 Å². The second-order valence-electron chi connectivity index (χ2n) is 13.0. The van der Waals surface area contributed by atoms with E-state index in [0.717, 1.165) is 5.57 Å². The van der Waals surface area contributed by atoms with Crippen LogP contribution in [-0.2, 0) is 38.1 Å². The molecule has 0 amide bonds. The molecule has 0 aromatic heterocycles. The predicted molar refractivity (Wildman–Crippen MR) is 122 cm³/mol. The predicted octanol–water partition coefficient (Wildman–Crippen LogP) is 1.56. The van der Waals surface area contributed by atoms with Crippen LogP contribution in [0, 0.1) is 34.5 Å². The first-order valence-electron chi connectivity index (χ1n) is 13.4. The minimum atomic E-state index is -2.17. The second kappa shape index (κ2) is 6.10. The Kier molecular flexibility index (Phi) is 3.73. The number of carbonyl (C=O) groups excluding carboxylic acids is 4. The number of fused-ring (bicyclic) bond motifs is 5. The Labute approximate surface area is 213 Å². The summed E-state index contributed by atoms with van der Waals surface area (Å²) in [6.07, 6.45) is 6.24. The van der Waals surface area contributed by atoms with Crippen molar-refractivity contribution in [2.45, 2.75) is 81.6 Å². The van der Waals surface area contributed by atoms with Crippen molar-refractivity contribution in [3.63, 3.8) is 0 Å². The van der Waals surface area contributed by atoms with E-state index in [4.69, 9.17) is 18.9 Å². The lowest BCUT2D eigenvalue weighted by Gasteiger charge is -2.63. The summed E-state index contributed by atoms with van der Waals surface area (Å²) in [7, 11) is 0. The third kappa shape index (κ3) is 1.97. The molecule has 5 saturated heterocycles. The van der Waals surface area contributed by atoms with Crippen LogP contribution in [0.3, 0.4) is 0 Å². The van der Waals surface area contributed by atoms with Crippen LogP contribution in [0.25, 0.3) is 0 Å². The molecule has 0 aromatic rings. The van der Waals surface area contributed by atoms with Gasteiger partial charge in [-0.15, -0.1) is 0 Å². The number of esters is 2. The van der Waals surface area contributed by atoms with Crippen LogP contribution >= 0.6 is 0 Å². The molecule has 196 valence electrons. The molecule has 5 heterocycles. The fourth-order valence-electron chi connectivity index (χ4n) is 10.0. The van der Waals surface area contributed by atoms with Gasteiger partial charge in [0.25, 0.3) is 0 Å². The molecule has 1 unspecified atom stereocenters. The first-order chi connectivity index (χ1) is 17.4. The standard InChI is InChI=1S/C28H30O9/c1-23-11-18-25(3)28-19(23)20(30)27(37-28,34-12-16(23)21(31)35-18)15-8-7-13-5-4-6-17(29)24(13,2)14(15)9-10-26(28,33)22(32)36-25/h4,6-7,14-16,18-19,33H,5,8-12H2,1-3H3/t14-,15+,16-,18+,19-,23+,24-,25-,26?,27-,28-/m0/s1. The monoisotopic (exact) mass is 510 g/mol. The maximum atomic E-state index is 14.8. The van der Waals surface area contributed by atoms with Crippen molar-refractivity contribution < 1.29 is 43.2 Å². The summed E-state index contributed by atoms with van der Waals surface area (Å²) in [5.74, 6) is -6.36. The fraction of sp³-hybridized carbons (Fsp3) is 0.714. The van der Waals surface area contributed by atoms with Gasteiger partial charge in [0.05, 0.1) is 23.9 Å². The molecule has 6 fully saturated rings. The van der Waals surface area contributed by atoms with E-state index in [1.807, 2.05) is 26.0 Å². The number of ether oxygens (including phenoxy) is 4. The van der Waals surface area contributed by atoms with Gasteiger partial charge in [0.2, 0.25) is 5.79 Å². The van der Waals surface area contributed by atoms with Crippen LogP contribution in [0.1, 0.15) is 52.9 Å². The summed E-state index contributed by atoms with van der Waals surface area (Å²) >= 11 is 0. The van der Waals surface area contributed by atoms with Gasteiger partial charge in [0, 0.05) is 5.92 Å². The van der Waals surface area contributed by atoms with Crippen LogP contribution in [0.4, 0.5) is 0 Å². The molecule has 11 atom stereocenters. The first-order valence-corrected chi connectivity index (χ1v) is 13.4. The van der Waals surface area contributed by atoms with Gasteiger partial charge in [0.1, 0.15) is 6.10 Å². The third-order valence-corrected chi connectivity index (χ3v) is 12.0. The lowest BCUT2D eigenvalue weighted by atomic mass is 9.46. The Morgan fingerprint density at radius 1 is 1.08 bits per heavy atom. The highest BCUT2D eigenvalue weighted by atomic mass is 16.8. The van der Waals surface area contributed by atoms with Crippen molar-refractivity contribution in [2.24, 2.45) is 34.5 Å². The summed E-state index contributed by atoms with van der Waals surface area (Å²) in [5.41, 5.74) is -6.43. The molecule has 2 spiro atoms. The summed E-state index contributed by atoms with van der Waals surface area (Å²) in [6, 6.07) is 0. The summed E-state index contributed by atoms with van der Waals surface area (Å²) in [6.45, 7) is 5.29. The average Bonchev–Trinajstić information content (AvgIpc) is 3.16. The minimum Gasteiger partial charge on any atom is -0.458 e. The molecule has 9 heteroatoms. The van der Waals surface area contributed by atoms with Crippen molar-refractivity contribution in [1.82, 2.24) is 0 Å². The molecule has 5 aliphatic heterocycles. The van der Waals surface area contributed by atoms with E-state index in [2.05, 4.69) is 0 Å². The minimum absolute atomic E-state index is 0.0380. The zero-order valence-electron chi connectivity index (χ0n) is 21.1. The smallest absolute Gasteiger partial charge is 0.342 e. The van der Waals surface area contributed by atoms with Gasteiger partial charge in [-0.1, -0.05) is 24.6 Å². The molecule has 0 radical (unpaired) electrons. The van der Waals surface area contributed by atoms with E-state index in [0.29, 0.717) is 25.7 Å². The highest BCUT2D eigenvalue weighted by Crippen LogP contribution is 2.75. The number of rotatable bonds is 0. The zero-order valence-corrected chi connectivity index (χ0v) is 21.1. The van der Waals surface area contributed by atoms with Gasteiger partial charge in [-0.25, -0.2) is 4.79 Å². The van der Waals surface area contributed by atoms with Gasteiger partial charge >= 0.3 is 11.9 Å². The zero-order chi connectivity index (χ0) is 26.0. The Morgan fingerprint density at radius 3 is 2.65 bits per heavy atom. The highest BCUT2D eigenvalue weighted by molar-refractivity contribution is 6.01. The lowest BCUT2D eigenvalue weighted by Crippen LogP contribution is -2.79. The summed E-state index contributed by atoms with van der Waals surface area (Å²) in [4.78, 5) is 55.2. The molecule has 1 N–H and O–H groups in total. The van der Waals surface area contributed by atoms with Crippen LogP contribution in [0.2, 0.25) is 0 Å². The number of hydrogen-bond acceptors (Lipinski definition) is 9. The fourth-order valence-corrected chi connectivity index (χ4v) is 10.0. The van der Waals surface area contributed by atoms with E-state index in [1.54, 1.807) is 13.0 Å². The van der Waals surface area contributed by atoms with Crippen molar-refractivity contribution in [2.75, 3.05) is 6.61 Å². The van der Waals surface area contributed by atoms with Crippen molar-refractivity contribution >= 4 is 23.5 Å². The van der Waals surface area contributed by atoms with Crippen molar-refractivity contribution in [3.8, 4) is 0 Å². The third-order valence-electron chi connectivity index (χ3n) is 12.0. The lowest BCUT2D eigenvalue weighted by molar-refractivity contribution is -0.374. The molecule has 9 nitrogen and oxygen atoms in total. The summed E-state index contributed by atoms with van der Waals surface area (Å²) in [5, 5.41) is 12.4. The molecule has 8 aliphatic rings. The van der Waals surface area contributed by atoms with Crippen molar-refractivity contribution in [3.05, 3.63) is 23.8 Å². The molecule has 0 aromatic carbocycles. The Morgan fingerprint density at radius 2 is 1.86 bits per heavy atom. The Balaban J connectivity index is 1.43. The van der Waals surface area contributed by atoms with Gasteiger partial charge in [-0.3, -0.25) is 14.4 Å². The normalized spacial score (nSPS) is 58.5. The molecular weight excluding hydrogens is 480 g/mol. The maximum Gasteiger partial charge on any atom is 0.342 e. The van der Waals surface area contributed by atoms with Gasteiger partial charge in [-0.2, -0.15) is 0 Å². The maximum absolute atomic E-state index is 14.8. The number of Topliss-reactive ketones (excluding diaryl/α,β-unsaturated/α-hetero) is 1. The van der Waals surface area contributed by atoms with Gasteiger partial charge in [0.15, 0.2) is 28.4 Å². The van der Waals surface area contributed by atoms with Gasteiger partial charge in [-0.05, 0) is 63.4 Å². The molecule has 8 rings (SSSR count). The molecular formula is C28H30O9. The van der Waals surface area contributed by atoms with E-state index in [1.165, 1.54) is 0 Å². The molecule has 3 aliphatic carbocycles. The molecule has 1 saturated carbocycles. The summed E-state index contributed by atoms with van der Waals surface area (Å²) < 4.78 is 25.1. The number of hydrogen-bond donors (Lipinski definition) is 1. The Hall–Kier alpha value is -2.36. The molecule has 37 heavy (non-hydrogen) atoms. The van der Waals surface area contributed by atoms with Crippen molar-refractivity contribution in [1.29, 1.82) is 0 Å². The van der Waals surface area contributed by atoms with E-state index >= 15 is 0 Å². The van der Waals surface area contributed by atoms with Crippen LogP contribution in [0.15, 0.2) is 23.8 Å². The molecule has 5 bridgehead atoms. The number of carbonyl (C=O) groups is 4. The second-order valence-corrected chi connectivity index (χ2v) is 13.0. The first kappa shape index (κ1) is 22.6. The topological polar surface area (TPSA) is 125 Å². The van der Waals surface area contributed by atoms with E-state index in [9.17, 15) is 24.3 Å². The number of ketones is 2. The number of allylic oxidation sites excluding steroid dienone is 4. The quantitative estimate of drug-likeness (QED) is 0.382. The van der Waals surface area contributed by atoms with E-state index < -0.39 is 75.1 Å². The van der Waals surface area contributed by atoms with Crippen LogP contribution in [-0.4, -0.2) is 63.9 Å². The average molecular weight is 511 g/mol. The highest BCUT2D eigenvalue weighted by Gasteiger charge is 2.93. The van der Waals surface area contributed by atoms with E-state index in [-0.39, 0.29) is 24.6 Å². The van der Waals surface area contributed by atoms with Crippen LogP contribution < -0.4 is 0 Å². The number of aliphatic hydroxyl groups is 1.